The number of ether oxygens (including phenoxy) is 3. The molecule has 0 aliphatic carbocycles. The van der Waals surface area contributed by atoms with Crippen LogP contribution >= 0.6 is 0 Å². The molecule has 0 aromatic carbocycles. The zero-order valence-corrected chi connectivity index (χ0v) is 7.90. The van der Waals surface area contributed by atoms with Gasteiger partial charge in [0.1, 0.15) is 13.3 Å². The minimum Gasteiger partial charge on any atom is -0.468 e. The number of carbonyl (C=O) groups excluding carboxylic acids is 2. The molecule has 0 atom stereocenters. The first kappa shape index (κ1) is 11.7. The van der Waals surface area contributed by atoms with Crippen LogP contribution in [-0.2, 0) is 19.0 Å². The molecule has 0 aliphatic heterocycles. The van der Waals surface area contributed by atoms with Crippen molar-refractivity contribution in [2.75, 3.05) is 34.6 Å². The van der Waals surface area contributed by atoms with Gasteiger partial charge in [-0.3, -0.25) is 9.69 Å². The monoisotopic (exact) mass is 191 g/mol. The Balaban J connectivity index is 4.08. The molecule has 0 heterocycles. The average Bonchev–Trinajstić information content (AvgIpc) is 2.15. The highest BCUT2D eigenvalue weighted by molar-refractivity contribution is 5.77. The van der Waals surface area contributed by atoms with Crippen molar-refractivity contribution in [3.63, 3.8) is 0 Å². The van der Waals surface area contributed by atoms with Gasteiger partial charge in [0.2, 0.25) is 0 Å². The van der Waals surface area contributed by atoms with Gasteiger partial charge in [-0.25, -0.2) is 4.79 Å². The van der Waals surface area contributed by atoms with Crippen molar-refractivity contribution in [2.45, 2.75) is 0 Å². The van der Waals surface area contributed by atoms with Crippen LogP contribution in [-0.4, -0.2) is 51.6 Å². The third-order valence-electron chi connectivity index (χ3n) is 1.27. The molecule has 0 fully saturated rings. The van der Waals surface area contributed by atoms with Gasteiger partial charge < -0.3 is 14.2 Å². The number of methoxy groups -OCH3 is 3. The first-order chi connectivity index (χ1) is 6.15. The van der Waals surface area contributed by atoms with E-state index in [4.69, 9.17) is 0 Å². The second-order valence-corrected chi connectivity index (χ2v) is 2.16. The van der Waals surface area contributed by atoms with E-state index in [1.807, 2.05) is 0 Å². The SMILES string of the molecule is COCN(CC(=O)OC)C(=O)OC. The molecule has 76 valence electrons. The molecule has 6 heteroatoms. The summed E-state index contributed by atoms with van der Waals surface area (Å²) < 4.78 is 13.5. The van der Waals surface area contributed by atoms with E-state index in [0.717, 1.165) is 4.90 Å². The molecule has 0 bridgehead atoms. The van der Waals surface area contributed by atoms with Gasteiger partial charge in [-0.15, -0.1) is 0 Å². The van der Waals surface area contributed by atoms with Gasteiger partial charge in [-0.05, 0) is 0 Å². The number of amides is 1. The Morgan fingerprint density at radius 3 is 2.15 bits per heavy atom. The largest absolute Gasteiger partial charge is 0.468 e. The zero-order valence-electron chi connectivity index (χ0n) is 7.90. The second kappa shape index (κ2) is 6.24. The molecule has 1 amide bonds. The third kappa shape index (κ3) is 4.32. The quantitative estimate of drug-likeness (QED) is 0.456. The lowest BCUT2D eigenvalue weighted by molar-refractivity contribution is -0.142. The van der Waals surface area contributed by atoms with E-state index in [-0.39, 0.29) is 13.3 Å². The van der Waals surface area contributed by atoms with Crippen LogP contribution in [0.2, 0.25) is 0 Å². The first-order valence-electron chi connectivity index (χ1n) is 3.54. The van der Waals surface area contributed by atoms with Gasteiger partial charge in [0.15, 0.2) is 0 Å². The maximum Gasteiger partial charge on any atom is 0.411 e. The molecule has 13 heavy (non-hydrogen) atoms. The van der Waals surface area contributed by atoms with Crippen molar-refractivity contribution in [3.8, 4) is 0 Å². The van der Waals surface area contributed by atoms with Crippen molar-refractivity contribution >= 4 is 12.1 Å². The molecule has 0 aromatic heterocycles. The number of carbonyl (C=O) groups is 2. The fourth-order valence-electron chi connectivity index (χ4n) is 0.668. The Kier molecular flexibility index (Phi) is 5.62. The summed E-state index contributed by atoms with van der Waals surface area (Å²) in [7, 11) is 3.88. The standard InChI is InChI=1S/C7H13NO5/c1-11-5-8(7(10)13-3)4-6(9)12-2/h4-5H2,1-3H3. The summed E-state index contributed by atoms with van der Waals surface area (Å²) >= 11 is 0. The Morgan fingerprint density at radius 1 is 1.15 bits per heavy atom. The lowest BCUT2D eigenvalue weighted by Gasteiger charge is -2.18. The predicted molar refractivity (Wildman–Crippen MR) is 43.0 cm³/mol. The van der Waals surface area contributed by atoms with Crippen molar-refractivity contribution in [2.24, 2.45) is 0 Å². The summed E-state index contributed by atoms with van der Waals surface area (Å²) in [6.45, 7) is -0.196. The third-order valence-corrected chi connectivity index (χ3v) is 1.27. The van der Waals surface area contributed by atoms with Gasteiger partial charge in [-0.1, -0.05) is 0 Å². The van der Waals surface area contributed by atoms with Gasteiger partial charge in [-0.2, -0.15) is 0 Å². The molecule has 0 saturated carbocycles. The highest BCUT2D eigenvalue weighted by Gasteiger charge is 2.17. The van der Waals surface area contributed by atoms with E-state index in [2.05, 4.69) is 14.2 Å². The molecule has 0 radical (unpaired) electrons. The Morgan fingerprint density at radius 2 is 1.77 bits per heavy atom. The summed E-state index contributed by atoms with van der Waals surface area (Å²) in [6, 6.07) is 0. The Bertz CT molecular complexity index is 182. The highest BCUT2D eigenvalue weighted by atomic mass is 16.6. The van der Waals surface area contributed by atoms with Gasteiger partial charge in [0.05, 0.1) is 14.2 Å². The van der Waals surface area contributed by atoms with E-state index in [1.165, 1.54) is 21.3 Å². The van der Waals surface area contributed by atoms with Crippen molar-refractivity contribution in [3.05, 3.63) is 0 Å². The van der Waals surface area contributed by atoms with Crippen molar-refractivity contribution in [1.29, 1.82) is 0 Å². The molecule has 0 aromatic rings. The smallest absolute Gasteiger partial charge is 0.411 e. The van der Waals surface area contributed by atoms with Crippen LogP contribution in [0.1, 0.15) is 0 Å². The number of esters is 1. The lowest BCUT2D eigenvalue weighted by Crippen LogP contribution is -2.37. The molecule has 0 spiro atoms. The van der Waals surface area contributed by atoms with Crippen LogP contribution in [0.25, 0.3) is 0 Å². The molecule has 0 unspecified atom stereocenters. The van der Waals surface area contributed by atoms with Crippen LogP contribution in [0.5, 0.6) is 0 Å². The summed E-state index contributed by atoms with van der Waals surface area (Å²) in [4.78, 5) is 22.8. The van der Waals surface area contributed by atoms with Crippen LogP contribution in [0.15, 0.2) is 0 Å². The van der Waals surface area contributed by atoms with E-state index in [0.29, 0.717) is 0 Å². The number of hydrogen-bond acceptors (Lipinski definition) is 5. The van der Waals surface area contributed by atoms with Crippen LogP contribution in [0.4, 0.5) is 4.79 Å². The molecule has 6 nitrogen and oxygen atoms in total. The van der Waals surface area contributed by atoms with E-state index in [1.54, 1.807) is 0 Å². The Labute approximate surface area is 76.4 Å². The maximum absolute atomic E-state index is 11.0. The molecule has 0 N–H and O–H groups in total. The second-order valence-electron chi connectivity index (χ2n) is 2.16. The van der Waals surface area contributed by atoms with Crippen LogP contribution in [0, 0.1) is 0 Å². The maximum atomic E-state index is 11.0. The van der Waals surface area contributed by atoms with Gasteiger partial charge in [0.25, 0.3) is 0 Å². The predicted octanol–water partition coefficient (Wildman–Crippen LogP) is -0.168. The van der Waals surface area contributed by atoms with E-state index in [9.17, 15) is 9.59 Å². The minimum absolute atomic E-state index is 0.0121. The highest BCUT2D eigenvalue weighted by Crippen LogP contribution is 1.93. The Hall–Kier alpha value is -1.30. The number of hydrogen-bond donors (Lipinski definition) is 0. The van der Waals surface area contributed by atoms with Crippen LogP contribution in [0.3, 0.4) is 0 Å². The van der Waals surface area contributed by atoms with E-state index >= 15 is 0 Å². The average molecular weight is 191 g/mol. The summed E-state index contributed by atoms with van der Waals surface area (Å²) in [5.41, 5.74) is 0. The van der Waals surface area contributed by atoms with Crippen LogP contribution < -0.4 is 0 Å². The van der Waals surface area contributed by atoms with Gasteiger partial charge in [0, 0.05) is 7.11 Å². The number of nitrogens with zero attached hydrogens (tertiary/aromatic N) is 1. The van der Waals surface area contributed by atoms with Crippen molar-refractivity contribution < 1.29 is 23.8 Å². The molecule has 0 rings (SSSR count). The fraction of sp³-hybridized carbons (Fsp3) is 0.714. The van der Waals surface area contributed by atoms with E-state index < -0.39 is 12.1 Å². The molecular formula is C7H13NO5. The lowest BCUT2D eigenvalue weighted by atomic mass is 10.6. The first-order valence-corrected chi connectivity index (χ1v) is 3.54. The minimum atomic E-state index is -0.632. The molecule has 0 aliphatic rings. The van der Waals surface area contributed by atoms with Gasteiger partial charge >= 0.3 is 12.1 Å². The molecule has 0 saturated heterocycles. The fourth-order valence-corrected chi connectivity index (χ4v) is 0.668. The normalized spacial score (nSPS) is 9.15. The van der Waals surface area contributed by atoms with Crippen molar-refractivity contribution in [1.82, 2.24) is 4.90 Å². The summed E-state index contributed by atoms with van der Waals surface area (Å²) in [5.74, 6) is -0.526. The summed E-state index contributed by atoms with van der Waals surface area (Å²) in [5, 5.41) is 0. The number of rotatable bonds is 4. The zero-order chi connectivity index (χ0) is 10.3. The molecular weight excluding hydrogens is 178 g/mol. The topological polar surface area (TPSA) is 65.1 Å². The summed E-state index contributed by atoms with van der Waals surface area (Å²) in [6.07, 6.45) is -0.632.